The molecule has 2 aromatic carbocycles. The van der Waals surface area contributed by atoms with Gasteiger partial charge in [-0.05, 0) is 37.5 Å². The number of aryl methyl sites for hydroxylation is 2. The molecule has 1 heterocycles. The van der Waals surface area contributed by atoms with Crippen LogP contribution in [0.5, 0.6) is 0 Å². The van der Waals surface area contributed by atoms with E-state index in [1.807, 2.05) is 12.1 Å². The molecule has 0 saturated carbocycles. The number of carbonyl (C=O) groups excluding carboxylic acids is 1. The minimum Gasteiger partial charge on any atom is -0.375 e. The lowest BCUT2D eigenvalue weighted by Gasteiger charge is -2.20. The van der Waals surface area contributed by atoms with Gasteiger partial charge >= 0.3 is 0 Å². The predicted molar refractivity (Wildman–Crippen MR) is 122 cm³/mol. The van der Waals surface area contributed by atoms with Crippen molar-refractivity contribution < 1.29 is 9.53 Å². The number of rotatable bonds is 6. The van der Waals surface area contributed by atoms with Crippen LogP contribution in [0.15, 0.2) is 41.4 Å². The molecule has 1 atom stereocenters. The second-order valence-corrected chi connectivity index (χ2v) is 8.94. The Morgan fingerprint density at radius 2 is 1.97 bits per heavy atom. The van der Waals surface area contributed by atoms with Gasteiger partial charge in [-0.25, -0.2) is 0 Å². The third kappa shape index (κ3) is 5.54. The van der Waals surface area contributed by atoms with Crippen molar-refractivity contribution in [1.82, 2.24) is 4.90 Å². The van der Waals surface area contributed by atoms with Gasteiger partial charge in [-0.3, -0.25) is 14.7 Å². The first-order valence-corrected chi connectivity index (χ1v) is 11.1. The monoisotopic (exact) mass is 450 g/mol. The molecule has 1 aliphatic heterocycles. The number of ether oxygens (including phenoxy) is 1. The van der Waals surface area contributed by atoms with Crippen LogP contribution in [-0.2, 0) is 16.0 Å². The molecule has 1 aliphatic rings. The lowest BCUT2D eigenvalue weighted by atomic mass is 9.97. The molecule has 0 aliphatic carbocycles. The van der Waals surface area contributed by atoms with E-state index in [0.29, 0.717) is 28.2 Å². The number of carbonyl (C=O) groups is 1. The minimum absolute atomic E-state index is 0.0409. The predicted octanol–water partition coefficient (Wildman–Crippen LogP) is 5.47. The normalized spacial score (nSPS) is 16.4. The number of amidine groups is 1. The van der Waals surface area contributed by atoms with Crippen LogP contribution < -0.4 is 0 Å². The number of thioether (sulfide) groups is 1. The SMILES string of the molecule is COCC(=O)N1CCSC1=NC(Cc1cc(C)cc(C)c1)c1cccc(Cl)c1Cl. The van der Waals surface area contributed by atoms with E-state index in [1.165, 1.54) is 23.8 Å². The second kappa shape index (κ2) is 9.98. The largest absolute Gasteiger partial charge is 0.375 e. The maximum Gasteiger partial charge on any atom is 0.254 e. The molecule has 1 saturated heterocycles. The molecule has 29 heavy (non-hydrogen) atoms. The third-order valence-corrected chi connectivity index (χ3v) is 6.47. The van der Waals surface area contributed by atoms with Crippen molar-refractivity contribution >= 4 is 46.0 Å². The van der Waals surface area contributed by atoms with Gasteiger partial charge in [0.05, 0.1) is 16.1 Å². The number of methoxy groups -OCH3 is 1. The summed E-state index contributed by atoms with van der Waals surface area (Å²) in [7, 11) is 1.52. The molecular weight excluding hydrogens is 427 g/mol. The maximum absolute atomic E-state index is 12.4. The van der Waals surface area contributed by atoms with Gasteiger partial charge in [0, 0.05) is 19.4 Å². The first-order valence-electron chi connectivity index (χ1n) is 9.40. The Labute approximate surface area is 186 Å². The molecule has 2 aromatic rings. The molecule has 0 radical (unpaired) electrons. The summed E-state index contributed by atoms with van der Waals surface area (Å²) in [6, 6.07) is 11.8. The van der Waals surface area contributed by atoms with Crippen LogP contribution >= 0.6 is 35.0 Å². The first-order chi connectivity index (χ1) is 13.9. The summed E-state index contributed by atoms with van der Waals surface area (Å²) in [5, 5.41) is 1.71. The van der Waals surface area contributed by atoms with E-state index in [-0.39, 0.29) is 18.6 Å². The molecule has 0 aromatic heterocycles. The molecule has 3 rings (SSSR count). The highest BCUT2D eigenvalue weighted by molar-refractivity contribution is 8.14. The van der Waals surface area contributed by atoms with Crippen molar-refractivity contribution in [3.63, 3.8) is 0 Å². The maximum atomic E-state index is 12.4. The van der Waals surface area contributed by atoms with Crippen LogP contribution in [0.2, 0.25) is 10.0 Å². The summed E-state index contributed by atoms with van der Waals surface area (Å²) in [5.41, 5.74) is 4.44. The Hall–Kier alpha value is -1.53. The zero-order valence-corrected chi connectivity index (χ0v) is 19.1. The van der Waals surface area contributed by atoms with Gasteiger partial charge in [0.15, 0.2) is 5.17 Å². The summed E-state index contributed by atoms with van der Waals surface area (Å²) in [6.07, 6.45) is 0.666. The van der Waals surface area contributed by atoms with Gasteiger partial charge in [0.1, 0.15) is 6.61 Å². The molecule has 1 fully saturated rings. The lowest BCUT2D eigenvalue weighted by molar-refractivity contribution is -0.130. The van der Waals surface area contributed by atoms with E-state index in [2.05, 4.69) is 32.0 Å². The molecule has 0 bridgehead atoms. The van der Waals surface area contributed by atoms with E-state index < -0.39 is 0 Å². The van der Waals surface area contributed by atoms with Gasteiger partial charge in [-0.2, -0.15) is 0 Å². The molecule has 0 spiro atoms. The van der Waals surface area contributed by atoms with Crippen molar-refractivity contribution in [2.75, 3.05) is 26.0 Å². The Morgan fingerprint density at radius 1 is 1.24 bits per heavy atom. The minimum atomic E-state index is -0.249. The second-order valence-electron chi connectivity index (χ2n) is 7.10. The fourth-order valence-corrected chi connectivity index (χ4v) is 4.93. The first kappa shape index (κ1) is 22.2. The van der Waals surface area contributed by atoms with Gasteiger partial charge in [0.2, 0.25) is 0 Å². The molecule has 1 amide bonds. The highest BCUT2D eigenvalue weighted by Gasteiger charge is 2.27. The zero-order chi connectivity index (χ0) is 21.0. The van der Waals surface area contributed by atoms with E-state index in [4.69, 9.17) is 32.9 Å². The molecule has 0 N–H and O–H groups in total. The summed E-state index contributed by atoms with van der Waals surface area (Å²) in [6.45, 7) is 4.84. The third-order valence-electron chi connectivity index (χ3n) is 4.66. The summed E-state index contributed by atoms with van der Waals surface area (Å²) < 4.78 is 5.02. The van der Waals surface area contributed by atoms with Gasteiger partial charge in [-0.1, -0.05) is 76.4 Å². The van der Waals surface area contributed by atoms with Crippen LogP contribution in [0.3, 0.4) is 0 Å². The van der Waals surface area contributed by atoms with Crippen LogP contribution in [0.25, 0.3) is 0 Å². The Kier molecular flexibility index (Phi) is 7.63. The highest BCUT2D eigenvalue weighted by atomic mass is 35.5. The van der Waals surface area contributed by atoms with Gasteiger partial charge in [0.25, 0.3) is 5.91 Å². The number of nitrogens with zero attached hydrogens (tertiary/aromatic N) is 2. The highest BCUT2D eigenvalue weighted by Crippen LogP contribution is 2.35. The number of aliphatic imine (C=N–C) groups is 1. The Morgan fingerprint density at radius 3 is 2.66 bits per heavy atom. The van der Waals surface area contributed by atoms with Crippen molar-refractivity contribution in [2.24, 2.45) is 4.99 Å². The van der Waals surface area contributed by atoms with Gasteiger partial charge in [-0.15, -0.1) is 0 Å². The summed E-state index contributed by atoms with van der Waals surface area (Å²) in [4.78, 5) is 19.1. The van der Waals surface area contributed by atoms with E-state index in [1.54, 1.807) is 22.7 Å². The fourth-order valence-electron chi connectivity index (χ4n) is 3.49. The smallest absolute Gasteiger partial charge is 0.254 e. The van der Waals surface area contributed by atoms with Crippen LogP contribution in [0, 0.1) is 13.8 Å². The number of halogens is 2. The van der Waals surface area contributed by atoms with Crippen LogP contribution in [0.1, 0.15) is 28.3 Å². The lowest BCUT2D eigenvalue weighted by Crippen LogP contribution is -2.34. The standard InChI is InChI=1S/C22H24Cl2N2O2S/c1-14-9-15(2)11-16(10-14)12-19(17-5-4-6-18(23)21(17)24)25-22-26(7-8-29-22)20(27)13-28-3/h4-6,9-11,19H,7-8,12-13H2,1-3H3. The Bertz CT molecular complexity index is 913. The number of benzene rings is 2. The van der Waals surface area contributed by atoms with Gasteiger partial charge < -0.3 is 4.74 Å². The summed E-state index contributed by atoms with van der Waals surface area (Å²) >= 11 is 14.4. The summed E-state index contributed by atoms with van der Waals surface area (Å²) in [5.74, 6) is 0.729. The van der Waals surface area contributed by atoms with Crippen LogP contribution in [0.4, 0.5) is 0 Å². The van der Waals surface area contributed by atoms with Crippen molar-refractivity contribution in [3.05, 3.63) is 68.7 Å². The van der Waals surface area contributed by atoms with Crippen molar-refractivity contribution in [1.29, 1.82) is 0 Å². The van der Waals surface area contributed by atoms with E-state index in [9.17, 15) is 4.79 Å². The van der Waals surface area contributed by atoms with Crippen LogP contribution in [-0.4, -0.2) is 42.0 Å². The topological polar surface area (TPSA) is 41.9 Å². The molecular formula is C22H24Cl2N2O2S. The molecule has 154 valence electrons. The Balaban J connectivity index is 2.00. The average molecular weight is 451 g/mol. The zero-order valence-electron chi connectivity index (χ0n) is 16.7. The quantitative estimate of drug-likeness (QED) is 0.585. The molecule has 1 unspecified atom stereocenters. The van der Waals surface area contributed by atoms with E-state index >= 15 is 0 Å². The number of amides is 1. The van der Waals surface area contributed by atoms with Crippen molar-refractivity contribution in [2.45, 2.75) is 26.3 Å². The average Bonchev–Trinajstić information content (AvgIpc) is 3.11. The number of hydrogen-bond donors (Lipinski definition) is 0. The fraction of sp³-hybridized carbons (Fsp3) is 0.364. The van der Waals surface area contributed by atoms with E-state index in [0.717, 1.165) is 11.3 Å². The molecule has 4 nitrogen and oxygen atoms in total. The number of hydrogen-bond acceptors (Lipinski definition) is 4. The molecule has 7 heteroatoms. The van der Waals surface area contributed by atoms with Crippen molar-refractivity contribution in [3.8, 4) is 0 Å².